The fourth-order valence-corrected chi connectivity index (χ4v) is 3.27. The number of rotatable bonds is 4. The van der Waals surface area contributed by atoms with Crippen molar-refractivity contribution in [3.63, 3.8) is 0 Å². The van der Waals surface area contributed by atoms with Gasteiger partial charge in [0.05, 0.1) is 16.6 Å². The molecule has 2 aromatic heterocycles. The van der Waals surface area contributed by atoms with E-state index in [1.807, 2.05) is 38.2 Å². The molecule has 7 nitrogen and oxygen atoms in total. The lowest BCUT2D eigenvalue weighted by Gasteiger charge is -2.11. The van der Waals surface area contributed by atoms with Gasteiger partial charge in [0.15, 0.2) is 17.1 Å². The molecule has 0 atom stereocenters. The Morgan fingerprint density at radius 2 is 2.04 bits per heavy atom. The molecule has 7 heteroatoms. The molecule has 140 valence electrons. The molecule has 0 saturated carbocycles. The zero-order chi connectivity index (χ0) is 19.1. The monoisotopic (exact) mass is 366 g/mol. The second-order valence-electron chi connectivity index (χ2n) is 7.03. The average molecular weight is 366 g/mol. The quantitative estimate of drug-likeness (QED) is 0.768. The van der Waals surface area contributed by atoms with Crippen LogP contribution in [0.25, 0.3) is 11.0 Å². The number of carbonyl (C=O) groups excluding carboxylic acids is 1. The van der Waals surface area contributed by atoms with Crippen LogP contribution in [0.15, 0.2) is 24.3 Å². The summed E-state index contributed by atoms with van der Waals surface area (Å²) in [7, 11) is 1.85. The van der Waals surface area contributed by atoms with Crippen molar-refractivity contribution < 1.29 is 14.3 Å². The number of aryl methyl sites for hydroxylation is 2. The lowest BCUT2D eigenvalue weighted by atomic mass is 10.0. The van der Waals surface area contributed by atoms with E-state index >= 15 is 0 Å². The second-order valence-corrected chi connectivity index (χ2v) is 7.03. The fourth-order valence-electron chi connectivity index (χ4n) is 3.27. The van der Waals surface area contributed by atoms with E-state index in [9.17, 15) is 4.79 Å². The largest absolute Gasteiger partial charge is 0.454 e. The average Bonchev–Trinajstić information content (AvgIpc) is 3.23. The van der Waals surface area contributed by atoms with Gasteiger partial charge in [0.1, 0.15) is 0 Å². The Labute approximate surface area is 157 Å². The Morgan fingerprint density at radius 1 is 1.26 bits per heavy atom. The van der Waals surface area contributed by atoms with Crippen LogP contribution in [-0.2, 0) is 13.6 Å². The molecule has 0 saturated heterocycles. The first-order valence-electron chi connectivity index (χ1n) is 8.95. The van der Waals surface area contributed by atoms with Gasteiger partial charge in [-0.05, 0) is 36.6 Å². The van der Waals surface area contributed by atoms with Crippen molar-refractivity contribution in [2.75, 3.05) is 6.79 Å². The van der Waals surface area contributed by atoms with Crippen molar-refractivity contribution in [3.8, 4) is 11.5 Å². The van der Waals surface area contributed by atoms with Crippen LogP contribution in [0.5, 0.6) is 11.5 Å². The van der Waals surface area contributed by atoms with E-state index in [2.05, 4.69) is 29.2 Å². The smallest absolute Gasteiger partial charge is 0.252 e. The first-order valence-corrected chi connectivity index (χ1v) is 8.95. The lowest BCUT2D eigenvalue weighted by Crippen LogP contribution is -2.23. The Bertz CT molecular complexity index is 1040. The van der Waals surface area contributed by atoms with Gasteiger partial charge in [-0.25, -0.2) is 4.98 Å². The number of fused-ring (bicyclic) bond motifs is 2. The normalized spacial score (nSPS) is 12.8. The first-order chi connectivity index (χ1) is 12.9. The molecule has 0 radical (unpaired) electrons. The van der Waals surface area contributed by atoms with Gasteiger partial charge in [-0.2, -0.15) is 5.10 Å². The minimum atomic E-state index is -0.141. The molecule has 1 N–H and O–H groups in total. The van der Waals surface area contributed by atoms with Crippen molar-refractivity contribution in [2.24, 2.45) is 7.05 Å². The molecule has 0 spiro atoms. The van der Waals surface area contributed by atoms with Crippen LogP contribution >= 0.6 is 0 Å². The number of benzene rings is 1. The van der Waals surface area contributed by atoms with Crippen LogP contribution in [0, 0.1) is 6.92 Å². The fraction of sp³-hybridized carbons (Fsp3) is 0.350. The highest BCUT2D eigenvalue weighted by atomic mass is 16.7. The molecular weight excluding hydrogens is 344 g/mol. The third-order valence-electron chi connectivity index (χ3n) is 4.71. The van der Waals surface area contributed by atoms with E-state index in [1.165, 1.54) is 0 Å². The summed E-state index contributed by atoms with van der Waals surface area (Å²) in [5.41, 5.74) is 3.95. The maximum atomic E-state index is 13.0. The molecule has 27 heavy (non-hydrogen) atoms. The molecule has 0 unspecified atom stereocenters. The third-order valence-corrected chi connectivity index (χ3v) is 4.71. The Morgan fingerprint density at radius 3 is 2.81 bits per heavy atom. The summed E-state index contributed by atoms with van der Waals surface area (Å²) < 4.78 is 12.4. The van der Waals surface area contributed by atoms with Crippen LogP contribution < -0.4 is 14.8 Å². The Kier molecular flexibility index (Phi) is 4.22. The van der Waals surface area contributed by atoms with Crippen LogP contribution in [-0.4, -0.2) is 27.5 Å². The summed E-state index contributed by atoms with van der Waals surface area (Å²) in [4.78, 5) is 17.7. The summed E-state index contributed by atoms with van der Waals surface area (Å²) in [6.45, 7) is 6.65. The van der Waals surface area contributed by atoms with Crippen LogP contribution in [0.2, 0.25) is 0 Å². The molecule has 0 fully saturated rings. The first kappa shape index (κ1) is 17.3. The highest BCUT2D eigenvalue weighted by molar-refractivity contribution is 6.06. The summed E-state index contributed by atoms with van der Waals surface area (Å²) >= 11 is 0. The van der Waals surface area contributed by atoms with Crippen molar-refractivity contribution >= 4 is 16.9 Å². The number of amides is 1. The number of nitrogens with zero attached hydrogens (tertiary/aromatic N) is 3. The Balaban J connectivity index is 1.64. The number of nitrogens with one attached hydrogen (secondary N) is 1. The van der Waals surface area contributed by atoms with E-state index in [1.54, 1.807) is 4.68 Å². The summed E-state index contributed by atoms with van der Waals surface area (Å²) in [5, 5.41) is 8.23. The third kappa shape index (κ3) is 3.09. The number of carbonyl (C=O) groups is 1. The van der Waals surface area contributed by atoms with Gasteiger partial charge < -0.3 is 14.8 Å². The number of hydrogen-bond acceptors (Lipinski definition) is 5. The number of pyridine rings is 1. The maximum absolute atomic E-state index is 13.0. The highest BCUT2D eigenvalue weighted by Gasteiger charge is 2.20. The van der Waals surface area contributed by atoms with Crippen LogP contribution in [0.3, 0.4) is 0 Å². The number of aromatic nitrogens is 3. The summed E-state index contributed by atoms with van der Waals surface area (Å²) in [6, 6.07) is 7.54. The van der Waals surface area contributed by atoms with Gasteiger partial charge in [0.2, 0.25) is 6.79 Å². The number of hydrogen-bond donors (Lipinski definition) is 1. The summed E-state index contributed by atoms with van der Waals surface area (Å²) in [6.07, 6.45) is 0. The van der Waals surface area contributed by atoms with Gasteiger partial charge in [0.25, 0.3) is 5.91 Å². The predicted octanol–water partition coefficient (Wildman–Crippen LogP) is 3.06. The molecule has 0 bridgehead atoms. The van der Waals surface area contributed by atoms with Crippen molar-refractivity contribution in [1.29, 1.82) is 0 Å². The van der Waals surface area contributed by atoms with Gasteiger partial charge in [-0.1, -0.05) is 19.9 Å². The zero-order valence-electron chi connectivity index (χ0n) is 15.9. The van der Waals surface area contributed by atoms with E-state index in [-0.39, 0.29) is 18.6 Å². The topological polar surface area (TPSA) is 78.3 Å². The van der Waals surface area contributed by atoms with Crippen LogP contribution in [0.4, 0.5) is 0 Å². The molecular formula is C20H22N4O3. The van der Waals surface area contributed by atoms with Gasteiger partial charge in [-0.15, -0.1) is 0 Å². The molecule has 4 rings (SSSR count). The number of ether oxygens (including phenoxy) is 2. The molecule has 1 aliphatic heterocycles. The molecule has 0 aliphatic carbocycles. The lowest BCUT2D eigenvalue weighted by molar-refractivity contribution is 0.0952. The second kappa shape index (κ2) is 6.57. The van der Waals surface area contributed by atoms with E-state index in [0.29, 0.717) is 17.9 Å². The van der Waals surface area contributed by atoms with E-state index in [0.717, 1.165) is 33.7 Å². The maximum Gasteiger partial charge on any atom is 0.252 e. The zero-order valence-corrected chi connectivity index (χ0v) is 15.9. The predicted molar refractivity (Wildman–Crippen MR) is 101 cm³/mol. The van der Waals surface area contributed by atoms with Gasteiger partial charge in [0, 0.05) is 19.3 Å². The van der Waals surface area contributed by atoms with Gasteiger partial charge in [-0.3, -0.25) is 9.48 Å². The molecule has 1 aromatic carbocycles. The minimum Gasteiger partial charge on any atom is -0.454 e. The van der Waals surface area contributed by atoms with Crippen molar-refractivity contribution in [2.45, 2.75) is 33.2 Å². The SMILES string of the molecule is Cc1nn(C)c2nc(C(C)C)cc(C(=O)NCc3ccc4c(c3)OCO4)c12. The van der Waals surface area contributed by atoms with Crippen molar-refractivity contribution in [1.82, 2.24) is 20.1 Å². The molecule has 1 aliphatic rings. The van der Waals surface area contributed by atoms with Crippen molar-refractivity contribution in [3.05, 3.63) is 46.8 Å². The highest BCUT2D eigenvalue weighted by Crippen LogP contribution is 2.32. The standard InChI is InChI=1S/C20H22N4O3/c1-11(2)15-8-14(18-12(3)23-24(4)19(18)22-15)20(25)21-9-13-5-6-16-17(7-13)27-10-26-16/h5-8,11H,9-10H2,1-4H3,(H,21,25). The van der Waals surface area contributed by atoms with E-state index in [4.69, 9.17) is 9.47 Å². The molecule has 3 heterocycles. The minimum absolute atomic E-state index is 0.141. The molecule has 1 amide bonds. The summed E-state index contributed by atoms with van der Waals surface area (Å²) in [5.74, 6) is 1.51. The molecule has 3 aromatic rings. The Hall–Kier alpha value is -3.09. The van der Waals surface area contributed by atoms with Crippen LogP contribution in [0.1, 0.15) is 47.1 Å². The van der Waals surface area contributed by atoms with Gasteiger partial charge >= 0.3 is 0 Å². The van der Waals surface area contributed by atoms with E-state index < -0.39 is 0 Å².